The molecule has 0 fully saturated rings. The van der Waals surface area contributed by atoms with E-state index in [0.29, 0.717) is 0 Å². The highest BCUT2D eigenvalue weighted by molar-refractivity contribution is 5.94. The van der Waals surface area contributed by atoms with Gasteiger partial charge in [-0.15, -0.1) is 0 Å². The summed E-state index contributed by atoms with van der Waals surface area (Å²) in [6.45, 7) is -1.55. The van der Waals surface area contributed by atoms with Crippen LogP contribution >= 0.6 is 0 Å². The molecule has 0 aliphatic rings. The van der Waals surface area contributed by atoms with Gasteiger partial charge in [-0.25, -0.2) is 9.37 Å². The van der Waals surface area contributed by atoms with Crippen molar-refractivity contribution in [1.29, 1.82) is 0 Å². The van der Waals surface area contributed by atoms with Crippen molar-refractivity contribution in [3.8, 4) is 0 Å². The van der Waals surface area contributed by atoms with Crippen molar-refractivity contribution in [3.05, 3.63) is 29.6 Å². The summed E-state index contributed by atoms with van der Waals surface area (Å²) >= 11 is 0. The highest BCUT2D eigenvalue weighted by atomic mass is 19.4. The first-order valence-corrected chi connectivity index (χ1v) is 4.34. The number of pyridine rings is 1. The molecule has 0 spiro atoms. The molecule has 0 aliphatic carbocycles. The second kappa shape index (κ2) is 4.64. The lowest BCUT2D eigenvalue weighted by Crippen LogP contribution is -2.36. The van der Waals surface area contributed by atoms with Crippen molar-refractivity contribution < 1.29 is 26.7 Å². The van der Waals surface area contributed by atoms with Gasteiger partial charge in [0.2, 0.25) is 5.95 Å². The van der Waals surface area contributed by atoms with Crippen LogP contribution in [0.2, 0.25) is 0 Å². The average molecular weight is 254 g/mol. The Morgan fingerprint density at radius 1 is 1.41 bits per heavy atom. The molecule has 1 amide bonds. The number of nitrogens with zero attached hydrogens (tertiary/aromatic N) is 2. The zero-order valence-corrected chi connectivity index (χ0v) is 8.55. The number of halogens is 5. The molecule has 1 heterocycles. The quantitative estimate of drug-likeness (QED) is 0.597. The Bertz CT molecular complexity index is 432. The minimum absolute atomic E-state index is 0.248. The zero-order chi connectivity index (χ0) is 13.2. The summed E-state index contributed by atoms with van der Waals surface area (Å²) in [7, 11) is 0.841. The van der Waals surface area contributed by atoms with E-state index in [-0.39, 0.29) is 4.90 Å². The van der Waals surface area contributed by atoms with Crippen LogP contribution in [0.5, 0.6) is 0 Å². The van der Waals surface area contributed by atoms with Crippen molar-refractivity contribution >= 4 is 5.91 Å². The first-order chi connectivity index (χ1) is 7.72. The third-order valence-corrected chi connectivity index (χ3v) is 1.84. The summed E-state index contributed by atoms with van der Waals surface area (Å²) in [5.74, 6) is -4.36. The van der Waals surface area contributed by atoms with Crippen LogP contribution in [0.15, 0.2) is 12.3 Å². The van der Waals surface area contributed by atoms with E-state index in [2.05, 4.69) is 4.98 Å². The largest absolute Gasteiger partial charge is 0.406 e. The summed E-state index contributed by atoms with van der Waals surface area (Å²) in [5.41, 5.74) is -0.788. The first-order valence-electron chi connectivity index (χ1n) is 4.34. The molecule has 94 valence electrons. The van der Waals surface area contributed by atoms with Crippen molar-refractivity contribution in [3.63, 3.8) is 0 Å². The Labute approximate surface area is 92.9 Å². The normalized spacial score (nSPS) is 11.4. The monoisotopic (exact) mass is 254 g/mol. The van der Waals surface area contributed by atoms with Crippen molar-refractivity contribution in [2.75, 3.05) is 13.6 Å². The number of carbonyl (C=O) groups is 1. The Morgan fingerprint density at radius 3 is 2.53 bits per heavy atom. The Morgan fingerprint density at radius 2 is 2.00 bits per heavy atom. The minimum Gasteiger partial charge on any atom is -0.333 e. The zero-order valence-electron chi connectivity index (χ0n) is 8.55. The van der Waals surface area contributed by atoms with Crippen LogP contribution in [0.4, 0.5) is 22.0 Å². The second-order valence-electron chi connectivity index (χ2n) is 3.24. The molecule has 17 heavy (non-hydrogen) atoms. The Hall–Kier alpha value is -1.73. The molecule has 3 nitrogen and oxygen atoms in total. The van der Waals surface area contributed by atoms with Gasteiger partial charge in [0.25, 0.3) is 5.91 Å². The lowest BCUT2D eigenvalue weighted by Gasteiger charge is -2.19. The number of alkyl halides is 3. The lowest BCUT2D eigenvalue weighted by molar-refractivity contribution is -0.138. The Balaban J connectivity index is 2.93. The van der Waals surface area contributed by atoms with Gasteiger partial charge in [0.05, 0.1) is 5.56 Å². The molecule has 0 N–H and O–H groups in total. The van der Waals surface area contributed by atoms with Crippen LogP contribution in [-0.2, 0) is 0 Å². The SMILES string of the molecule is CN(CC(F)(F)F)C(=O)c1ccnc(F)c1F. The molecular weight excluding hydrogens is 247 g/mol. The molecule has 0 saturated heterocycles. The van der Waals surface area contributed by atoms with Gasteiger partial charge >= 0.3 is 6.18 Å². The van der Waals surface area contributed by atoms with E-state index in [1.165, 1.54) is 0 Å². The van der Waals surface area contributed by atoms with E-state index in [9.17, 15) is 26.7 Å². The lowest BCUT2D eigenvalue weighted by atomic mass is 10.2. The number of amides is 1. The van der Waals surface area contributed by atoms with Gasteiger partial charge in [0, 0.05) is 13.2 Å². The first kappa shape index (κ1) is 13.3. The van der Waals surface area contributed by atoms with Gasteiger partial charge in [-0.2, -0.15) is 17.6 Å². The minimum atomic E-state index is -4.60. The molecule has 0 saturated carbocycles. The van der Waals surface area contributed by atoms with Crippen LogP contribution in [0.25, 0.3) is 0 Å². The van der Waals surface area contributed by atoms with Crippen LogP contribution in [0.1, 0.15) is 10.4 Å². The van der Waals surface area contributed by atoms with Crippen molar-refractivity contribution in [1.82, 2.24) is 9.88 Å². The fraction of sp³-hybridized carbons (Fsp3) is 0.333. The van der Waals surface area contributed by atoms with Gasteiger partial charge in [0.1, 0.15) is 6.54 Å². The van der Waals surface area contributed by atoms with Crippen molar-refractivity contribution in [2.45, 2.75) is 6.18 Å². The summed E-state index contributed by atoms with van der Waals surface area (Å²) in [6.07, 6.45) is -3.81. The average Bonchev–Trinajstić information content (AvgIpc) is 2.18. The molecule has 0 radical (unpaired) electrons. The third-order valence-electron chi connectivity index (χ3n) is 1.84. The topological polar surface area (TPSA) is 33.2 Å². The van der Waals surface area contributed by atoms with E-state index in [1.807, 2.05) is 0 Å². The third kappa shape index (κ3) is 3.36. The highest BCUT2D eigenvalue weighted by Gasteiger charge is 2.32. The van der Waals surface area contributed by atoms with Crippen LogP contribution in [-0.4, -0.2) is 35.6 Å². The molecule has 8 heteroatoms. The summed E-state index contributed by atoms with van der Waals surface area (Å²) < 4.78 is 61.7. The molecule has 1 aromatic rings. The van der Waals surface area contributed by atoms with E-state index < -0.39 is 36.0 Å². The number of aromatic nitrogens is 1. The molecule has 0 atom stereocenters. The number of carbonyl (C=O) groups excluding carboxylic acids is 1. The van der Waals surface area contributed by atoms with Gasteiger partial charge in [0.15, 0.2) is 5.82 Å². The fourth-order valence-electron chi connectivity index (χ4n) is 1.13. The molecular formula is C9H7F5N2O. The van der Waals surface area contributed by atoms with Crippen LogP contribution in [0, 0.1) is 11.8 Å². The van der Waals surface area contributed by atoms with E-state index in [0.717, 1.165) is 19.3 Å². The number of hydrogen-bond acceptors (Lipinski definition) is 2. The van der Waals surface area contributed by atoms with E-state index in [4.69, 9.17) is 0 Å². The highest BCUT2D eigenvalue weighted by Crippen LogP contribution is 2.18. The number of rotatable bonds is 2. The van der Waals surface area contributed by atoms with Crippen LogP contribution < -0.4 is 0 Å². The van der Waals surface area contributed by atoms with Crippen LogP contribution in [0.3, 0.4) is 0 Å². The standard InChI is InChI=1S/C9H7F5N2O/c1-16(4-9(12,13)14)8(17)5-2-3-15-7(11)6(5)10/h2-3H,4H2,1H3. The molecule has 1 rings (SSSR count). The Kier molecular flexibility index (Phi) is 3.64. The molecule has 0 bridgehead atoms. The van der Waals surface area contributed by atoms with Gasteiger partial charge in [-0.1, -0.05) is 0 Å². The smallest absolute Gasteiger partial charge is 0.333 e. The number of hydrogen-bond donors (Lipinski definition) is 0. The maximum Gasteiger partial charge on any atom is 0.406 e. The maximum atomic E-state index is 13.1. The van der Waals surface area contributed by atoms with E-state index in [1.54, 1.807) is 0 Å². The predicted octanol–water partition coefficient (Wildman–Crippen LogP) is 1.99. The van der Waals surface area contributed by atoms with Gasteiger partial charge < -0.3 is 4.90 Å². The van der Waals surface area contributed by atoms with Gasteiger partial charge in [-0.05, 0) is 6.07 Å². The summed E-state index contributed by atoms with van der Waals surface area (Å²) in [5, 5.41) is 0. The molecule has 0 unspecified atom stereocenters. The van der Waals surface area contributed by atoms with Crippen molar-refractivity contribution in [2.24, 2.45) is 0 Å². The summed E-state index contributed by atoms with van der Waals surface area (Å²) in [6, 6.07) is 0.813. The fourth-order valence-corrected chi connectivity index (χ4v) is 1.13. The predicted molar refractivity (Wildman–Crippen MR) is 47.2 cm³/mol. The second-order valence-corrected chi connectivity index (χ2v) is 3.24. The molecule has 0 aliphatic heterocycles. The summed E-state index contributed by atoms with van der Waals surface area (Å²) in [4.78, 5) is 14.6. The van der Waals surface area contributed by atoms with Gasteiger partial charge in [-0.3, -0.25) is 4.79 Å². The molecule has 0 aromatic carbocycles. The van der Waals surface area contributed by atoms with E-state index >= 15 is 0 Å². The molecule has 1 aromatic heterocycles. The maximum absolute atomic E-state index is 13.1.